The van der Waals surface area contributed by atoms with E-state index in [9.17, 15) is 0 Å². The van der Waals surface area contributed by atoms with Crippen LogP contribution in [0, 0.1) is 0 Å². The van der Waals surface area contributed by atoms with Crippen molar-refractivity contribution in [1.82, 2.24) is 5.16 Å². The SMILES string of the molecule is COCc1noc2ccccc12. The Hall–Kier alpha value is -1.35. The average molecular weight is 163 g/mol. The van der Waals surface area contributed by atoms with Crippen molar-refractivity contribution in [2.45, 2.75) is 6.61 Å². The van der Waals surface area contributed by atoms with Crippen LogP contribution >= 0.6 is 0 Å². The molecule has 0 fully saturated rings. The second-order valence-corrected chi connectivity index (χ2v) is 2.56. The van der Waals surface area contributed by atoms with Gasteiger partial charge in [-0.25, -0.2) is 0 Å². The van der Waals surface area contributed by atoms with E-state index in [-0.39, 0.29) is 0 Å². The molecule has 0 aliphatic carbocycles. The maximum absolute atomic E-state index is 5.07. The lowest BCUT2D eigenvalue weighted by atomic mass is 10.2. The van der Waals surface area contributed by atoms with Crippen LogP contribution in [0.25, 0.3) is 11.0 Å². The maximum Gasteiger partial charge on any atom is 0.167 e. The van der Waals surface area contributed by atoms with E-state index in [2.05, 4.69) is 5.16 Å². The minimum Gasteiger partial charge on any atom is -0.378 e. The molecule has 2 aromatic rings. The van der Waals surface area contributed by atoms with Crippen LogP contribution in [0.4, 0.5) is 0 Å². The van der Waals surface area contributed by atoms with Gasteiger partial charge in [0.15, 0.2) is 5.58 Å². The molecule has 0 aliphatic heterocycles. The molecule has 1 aromatic carbocycles. The fraction of sp³-hybridized carbons (Fsp3) is 0.222. The molecule has 0 radical (unpaired) electrons. The Morgan fingerprint density at radius 3 is 3.08 bits per heavy atom. The highest BCUT2D eigenvalue weighted by atomic mass is 16.5. The molecule has 62 valence electrons. The van der Waals surface area contributed by atoms with Crippen molar-refractivity contribution in [1.29, 1.82) is 0 Å². The van der Waals surface area contributed by atoms with Crippen molar-refractivity contribution >= 4 is 11.0 Å². The first-order chi connectivity index (χ1) is 5.92. The number of nitrogens with zero attached hydrogens (tertiary/aromatic N) is 1. The molecule has 0 N–H and O–H groups in total. The van der Waals surface area contributed by atoms with Gasteiger partial charge in [-0.3, -0.25) is 0 Å². The lowest BCUT2D eigenvalue weighted by Crippen LogP contribution is -1.86. The van der Waals surface area contributed by atoms with Gasteiger partial charge in [0.1, 0.15) is 5.69 Å². The monoisotopic (exact) mass is 163 g/mol. The van der Waals surface area contributed by atoms with Crippen molar-refractivity contribution in [3.8, 4) is 0 Å². The van der Waals surface area contributed by atoms with Gasteiger partial charge >= 0.3 is 0 Å². The molecule has 0 saturated carbocycles. The lowest BCUT2D eigenvalue weighted by Gasteiger charge is -1.91. The molecule has 3 nitrogen and oxygen atoms in total. The highest BCUT2D eigenvalue weighted by molar-refractivity contribution is 5.78. The molecule has 0 amide bonds. The number of aromatic nitrogens is 1. The predicted molar refractivity (Wildman–Crippen MR) is 44.7 cm³/mol. The van der Waals surface area contributed by atoms with E-state index < -0.39 is 0 Å². The van der Waals surface area contributed by atoms with Crippen molar-refractivity contribution in [2.75, 3.05) is 7.11 Å². The number of hydrogen-bond donors (Lipinski definition) is 0. The molecule has 2 rings (SSSR count). The summed E-state index contributed by atoms with van der Waals surface area (Å²) in [4.78, 5) is 0. The van der Waals surface area contributed by atoms with E-state index in [1.165, 1.54) is 0 Å². The summed E-state index contributed by atoms with van der Waals surface area (Å²) in [6, 6.07) is 7.74. The first kappa shape index (κ1) is 7.31. The van der Waals surface area contributed by atoms with E-state index in [1.807, 2.05) is 24.3 Å². The Balaban J connectivity index is 2.55. The fourth-order valence-electron chi connectivity index (χ4n) is 1.18. The lowest BCUT2D eigenvalue weighted by molar-refractivity contribution is 0.178. The molecule has 0 bridgehead atoms. The topological polar surface area (TPSA) is 35.3 Å². The van der Waals surface area contributed by atoms with Gasteiger partial charge in [-0.1, -0.05) is 17.3 Å². The van der Waals surface area contributed by atoms with Gasteiger partial charge in [0.05, 0.1) is 6.61 Å². The van der Waals surface area contributed by atoms with Crippen LogP contribution in [-0.2, 0) is 11.3 Å². The zero-order valence-electron chi connectivity index (χ0n) is 6.78. The molecule has 0 aliphatic rings. The minimum atomic E-state index is 0.497. The average Bonchev–Trinajstić information content (AvgIpc) is 2.50. The molecule has 1 aromatic heterocycles. The number of rotatable bonds is 2. The van der Waals surface area contributed by atoms with Crippen molar-refractivity contribution in [2.24, 2.45) is 0 Å². The second-order valence-electron chi connectivity index (χ2n) is 2.56. The molecular weight excluding hydrogens is 154 g/mol. The van der Waals surface area contributed by atoms with Crippen LogP contribution in [0.15, 0.2) is 28.8 Å². The van der Waals surface area contributed by atoms with Gasteiger partial charge in [-0.2, -0.15) is 0 Å². The number of hydrogen-bond acceptors (Lipinski definition) is 3. The highest BCUT2D eigenvalue weighted by Gasteiger charge is 2.05. The molecule has 0 saturated heterocycles. The summed E-state index contributed by atoms with van der Waals surface area (Å²) in [7, 11) is 1.64. The van der Waals surface area contributed by atoms with Crippen LogP contribution < -0.4 is 0 Å². The summed E-state index contributed by atoms with van der Waals surface area (Å²) in [6.45, 7) is 0.497. The third-order valence-electron chi connectivity index (χ3n) is 1.73. The van der Waals surface area contributed by atoms with Crippen LogP contribution in [0.1, 0.15) is 5.69 Å². The van der Waals surface area contributed by atoms with Crippen LogP contribution in [0.3, 0.4) is 0 Å². The van der Waals surface area contributed by atoms with E-state index >= 15 is 0 Å². The number of fused-ring (bicyclic) bond motifs is 1. The third kappa shape index (κ3) is 1.08. The van der Waals surface area contributed by atoms with Gasteiger partial charge in [-0.15, -0.1) is 0 Å². The molecule has 12 heavy (non-hydrogen) atoms. The Bertz CT molecular complexity index is 381. The summed E-state index contributed by atoms with van der Waals surface area (Å²) in [5, 5.41) is 4.91. The summed E-state index contributed by atoms with van der Waals surface area (Å²) in [5.74, 6) is 0. The highest BCUT2D eigenvalue weighted by Crippen LogP contribution is 2.17. The third-order valence-corrected chi connectivity index (χ3v) is 1.73. The van der Waals surface area contributed by atoms with Crippen LogP contribution in [-0.4, -0.2) is 12.3 Å². The Kier molecular flexibility index (Phi) is 1.80. The normalized spacial score (nSPS) is 10.8. The molecule has 0 unspecified atom stereocenters. The molecular formula is C9H9NO2. The predicted octanol–water partition coefficient (Wildman–Crippen LogP) is 1.97. The maximum atomic E-state index is 5.07. The van der Waals surface area contributed by atoms with E-state index in [0.29, 0.717) is 6.61 Å². The van der Waals surface area contributed by atoms with Crippen LogP contribution in [0.5, 0.6) is 0 Å². The van der Waals surface area contributed by atoms with Crippen molar-refractivity contribution in [3.05, 3.63) is 30.0 Å². The number of benzene rings is 1. The summed E-state index contributed by atoms with van der Waals surface area (Å²) < 4.78 is 10.0. The first-order valence-electron chi connectivity index (χ1n) is 3.74. The van der Waals surface area contributed by atoms with Crippen molar-refractivity contribution < 1.29 is 9.26 Å². The van der Waals surface area contributed by atoms with Gasteiger partial charge in [-0.05, 0) is 12.1 Å². The first-order valence-corrected chi connectivity index (χ1v) is 3.74. The van der Waals surface area contributed by atoms with Gasteiger partial charge in [0.25, 0.3) is 0 Å². The summed E-state index contributed by atoms with van der Waals surface area (Å²) in [5.41, 5.74) is 1.66. The molecule has 1 heterocycles. The Morgan fingerprint density at radius 2 is 2.25 bits per heavy atom. The summed E-state index contributed by atoms with van der Waals surface area (Å²) in [6.07, 6.45) is 0. The Morgan fingerprint density at radius 1 is 1.42 bits per heavy atom. The Labute approximate surface area is 69.9 Å². The second kappa shape index (κ2) is 2.95. The number of ether oxygens (including phenoxy) is 1. The summed E-state index contributed by atoms with van der Waals surface area (Å²) >= 11 is 0. The number of para-hydroxylation sites is 1. The smallest absolute Gasteiger partial charge is 0.167 e. The standard InChI is InChI=1S/C9H9NO2/c1-11-6-8-7-4-2-3-5-9(7)12-10-8/h2-5H,6H2,1H3. The largest absolute Gasteiger partial charge is 0.378 e. The van der Waals surface area contributed by atoms with Gasteiger partial charge in [0, 0.05) is 12.5 Å². The zero-order chi connectivity index (χ0) is 8.39. The van der Waals surface area contributed by atoms with Gasteiger partial charge < -0.3 is 9.26 Å². The van der Waals surface area contributed by atoms with Crippen LogP contribution in [0.2, 0.25) is 0 Å². The quantitative estimate of drug-likeness (QED) is 0.679. The minimum absolute atomic E-state index is 0.497. The number of methoxy groups -OCH3 is 1. The van der Waals surface area contributed by atoms with Gasteiger partial charge in [0.2, 0.25) is 0 Å². The molecule has 3 heteroatoms. The molecule has 0 spiro atoms. The molecule has 0 atom stereocenters. The zero-order valence-corrected chi connectivity index (χ0v) is 6.78. The fourth-order valence-corrected chi connectivity index (χ4v) is 1.18. The van der Waals surface area contributed by atoms with Crippen molar-refractivity contribution in [3.63, 3.8) is 0 Å². The van der Waals surface area contributed by atoms with E-state index in [0.717, 1.165) is 16.7 Å². The van der Waals surface area contributed by atoms with E-state index in [4.69, 9.17) is 9.26 Å². The van der Waals surface area contributed by atoms with E-state index in [1.54, 1.807) is 7.11 Å².